The number of fused-ring (bicyclic) bond motifs is 1. The first-order valence-electron chi connectivity index (χ1n) is 12.3. The first-order chi connectivity index (χ1) is 17.9. The Morgan fingerprint density at radius 3 is 2.43 bits per heavy atom. The van der Waals surface area contributed by atoms with Crippen molar-refractivity contribution in [1.82, 2.24) is 9.97 Å². The third-order valence-electron chi connectivity index (χ3n) is 6.48. The van der Waals surface area contributed by atoms with Crippen LogP contribution >= 0.6 is 0 Å². The molecule has 0 saturated carbocycles. The van der Waals surface area contributed by atoms with Crippen LogP contribution in [0.5, 0.6) is 0 Å². The highest BCUT2D eigenvalue weighted by atomic mass is 16.4. The van der Waals surface area contributed by atoms with Crippen LogP contribution in [0.2, 0.25) is 0 Å². The number of furan rings is 1. The van der Waals surface area contributed by atoms with Crippen LogP contribution in [-0.2, 0) is 17.8 Å². The maximum absolute atomic E-state index is 12.0. The molecule has 2 aromatic heterocycles. The van der Waals surface area contributed by atoms with Crippen LogP contribution in [0.1, 0.15) is 27.8 Å². The van der Waals surface area contributed by atoms with E-state index in [1.165, 1.54) is 0 Å². The summed E-state index contributed by atoms with van der Waals surface area (Å²) in [6.07, 6.45) is 2.10. The molecular formula is C30H30N4O3. The van der Waals surface area contributed by atoms with Crippen LogP contribution in [-0.4, -0.2) is 27.1 Å². The highest BCUT2D eigenvalue weighted by Crippen LogP contribution is 2.26. The minimum Gasteiger partial charge on any atom is -0.480 e. The molecule has 188 valence electrons. The predicted molar refractivity (Wildman–Crippen MR) is 147 cm³/mol. The number of carboxylic acid groups (broad SMARTS) is 1. The number of aromatic amines is 1. The lowest BCUT2D eigenvalue weighted by molar-refractivity contribution is -0.137. The largest absolute Gasteiger partial charge is 0.480 e. The standard InChI is InChI=1S/C30H30N4O3/c1-18-12-19(2)28(20(3)13-18)32-26(29(35)36)14-21-8-10-23(11-9-21)27-15-22(17-37-27)16-31-30-33-24-6-4-5-7-25(24)34-30/h4-13,15,17,26,32H,14,16H2,1-3H3,(H,35,36)(H2,31,33,34). The molecule has 0 bridgehead atoms. The lowest BCUT2D eigenvalue weighted by atomic mass is 10.0. The molecule has 0 fully saturated rings. The Morgan fingerprint density at radius 1 is 1.00 bits per heavy atom. The Balaban J connectivity index is 1.23. The zero-order chi connectivity index (χ0) is 25.9. The van der Waals surface area contributed by atoms with Gasteiger partial charge in [-0.1, -0.05) is 54.1 Å². The second kappa shape index (κ2) is 10.2. The van der Waals surface area contributed by atoms with Crippen LogP contribution in [0.15, 0.2) is 77.4 Å². The van der Waals surface area contributed by atoms with Gasteiger partial charge in [-0.2, -0.15) is 0 Å². The fraction of sp³-hybridized carbons (Fsp3) is 0.200. The smallest absolute Gasteiger partial charge is 0.326 e. The third kappa shape index (κ3) is 5.51. The Kier molecular flexibility index (Phi) is 6.68. The van der Waals surface area contributed by atoms with Crippen LogP contribution in [0.4, 0.5) is 11.6 Å². The molecule has 0 saturated heterocycles. The van der Waals surface area contributed by atoms with Gasteiger partial charge in [0, 0.05) is 29.8 Å². The molecule has 0 aliphatic carbocycles. The van der Waals surface area contributed by atoms with E-state index in [4.69, 9.17) is 4.42 Å². The van der Waals surface area contributed by atoms with E-state index in [9.17, 15) is 9.90 Å². The molecule has 3 aromatic carbocycles. The number of para-hydroxylation sites is 2. The molecule has 0 amide bonds. The number of carboxylic acids is 1. The molecule has 4 N–H and O–H groups in total. The van der Waals surface area contributed by atoms with E-state index >= 15 is 0 Å². The van der Waals surface area contributed by atoms with Gasteiger partial charge in [0.25, 0.3) is 0 Å². The van der Waals surface area contributed by atoms with Crippen molar-refractivity contribution >= 4 is 28.6 Å². The van der Waals surface area contributed by atoms with E-state index in [-0.39, 0.29) is 0 Å². The predicted octanol–water partition coefficient (Wildman–Crippen LogP) is 6.47. The van der Waals surface area contributed by atoms with Gasteiger partial charge in [-0.05, 0) is 55.7 Å². The van der Waals surface area contributed by atoms with Gasteiger partial charge in [0.2, 0.25) is 5.95 Å². The highest BCUT2D eigenvalue weighted by molar-refractivity contribution is 5.79. The maximum Gasteiger partial charge on any atom is 0.326 e. The summed E-state index contributed by atoms with van der Waals surface area (Å²) in [6.45, 7) is 6.62. The molecule has 5 rings (SSSR count). The van der Waals surface area contributed by atoms with Crippen molar-refractivity contribution in [2.24, 2.45) is 0 Å². The number of aliphatic carboxylic acids is 1. The summed E-state index contributed by atoms with van der Waals surface area (Å²) < 4.78 is 5.80. The Hall–Kier alpha value is -4.52. The fourth-order valence-electron chi connectivity index (χ4n) is 4.66. The van der Waals surface area contributed by atoms with Gasteiger partial charge in [0.05, 0.1) is 17.3 Å². The lowest BCUT2D eigenvalue weighted by Gasteiger charge is -2.20. The average molecular weight is 495 g/mol. The molecule has 1 unspecified atom stereocenters. The zero-order valence-electron chi connectivity index (χ0n) is 21.1. The molecule has 1 atom stereocenters. The van der Waals surface area contributed by atoms with Gasteiger partial charge in [0.15, 0.2) is 0 Å². The number of hydrogen-bond acceptors (Lipinski definition) is 5. The van der Waals surface area contributed by atoms with Gasteiger partial charge >= 0.3 is 5.97 Å². The van der Waals surface area contributed by atoms with Gasteiger partial charge in [0.1, 0.15) is 11.8 Å². The molecule has 0 aliphatic heterocycles. The van der Waals surface area contributed by atoms with Crippen molar-refractivity contribution in [2.45, 2.75) is 39.8 Å². The summed E-state index contributed by atoms with van der Waals surface area (Å²) in [5.74, 6) is 0.591. The molecule has 7 nitrogen and oxygen atoms in total. The monoisotopic (exact) mass is 494 g/mol. The molecule has 0 radical (unpaired) electrons. The Morgan fingerprint density at radius 2 is 1.73 bits per heavy atom. The summed E-state index contributed by atoms with van der Waals surface area (Å²) >= 11 is 0. The number of aromatic nitrogens is 2. The number of anilines is 2. The molecular weight excluding hydrogens is 464 g/mol. The summed E-state index contributed by atoms with van der Waals surface area (Å²) in [5, 5.41) is 16.4. The number of H-pyrrole nitrogens is 1. The number of hydrogen-bond donors (Lipinski definition) is 4. The zero-order valence-corrected chi connectivity index (χ0v) is 21.1. The van der Waals surface area contributed by atoms with Crippen molar-refractivity contribution in [2.75, 3.05) is 10.6 Å². The van der Waals surface area contributed by atoms with E-state index in [0.717, 1.165) is 55.9 Å². The molecule has 7 heteroatoms. The van der Waals surface area contributed by atoms with E-state index in [2.05, 4.69) is 32.7 Å². The van der Waals surface area contributed by atoms with Crippen molar-refractivity contribution < 1.29 is 14.3 Å². The fourth-order valence-corrected chi connectivity index (χ4v) is 4.66. The van der Waals surface area contributed by atoms with Crippen molar-refractivity contribution in [3.8, 4) is 11.3 Å². The van der Waals surface area contributed by atoms with Gasteiger partial charge in [-0.15, -0.1) is 0 Å². The van der Waals surface area contributed by atoms with Gasteiger partial charge < -0.3 is 25.1 Å². The Labute approximate surface area is 215 Å². The maximum atomic E-state index is 12.0. The summed E-state index contributed by atoms with van der Waals surface area (Å²) in [6, 6.07) is 21.1. The van der Waals surface area contributed by atoms with E-state index in [1.54, 1.807) is 6.26 Å². The SMILES string of the molecule is Cc1cc(C)c(NC(Cc2ccc(-c3cc(CNc4nc5ccccc5[nH]4)co3)cc2)C(=O)O)c(C)c1. The van der Waals surface area contributed by atoms with E-state index in [0.29, 0.717) is 18.9 Å². The van der Waals surface area contributed by atoms with E-state index < -0.39 is 12.0 Å². The van der Waals surface area contributed by atoms with Crippen molar-refractivity contribution in [1.29, 1.82) is 0 Å². The van der Waals surface area contributed by atoms with Crippen LogP contribution < -0.4 is 10.6 Å². The van der Waals surface area contributed by atoms with Crippen molar-refractivity contribution in [3.63, 3.8) is 0 Å². The quantitative estimate of drug-likeness (QED) is 0.187. The molecule has 37 heavy (non-hydrogen) atoms. The second-order valence-electron chi connectivity index (χ2n) is 9.49. The van der Waals surface area contributed by atoms with E-state index in [1.807, 2.05) is 75.4 Å². The summed E-state index contributed by atoms with van der Waals surface area (Å²) in [4.78, 5) is 19.8. The number of nitrogens with one attached hydrogen (secondary N) is 3. The number of imidazole rings is 1. The first-order valence-corrected chi connectivity index (χ1v) is 12.3. The van der Waals surface area contributed by atoms with Crippen LogP contribution in [0.3, 0.4) is 0 Å². The number of rotatable bonds is 9. The lowest BCUT2D eigenvalue weighted by Crippen LogP contribution is -2.32. The minimum absolute atomic E-state index is 0.368. The normalized spacial score (nSPS) is 12.0. The number of aryl methyl sites for hydroxylation is 3. The Bertz CT molecular complexity index is 1490. The average Bonchev–Trinajstić information content (AvgIpc) is 3.51. The molecule has 0 spiro atoms. The van der Waals surface area contributed by atoms with Crippen molar-refractivity contribution in [3.05, 3.63) is 101 Å². The topological polar surface area (TPSA) is 103 Å². The van der Waals surface area contributed by atoms with Crippen LogP contribution in [0.25, 0.3) is 22.4 Å². The van der Waals surface area contributed by atoms with Gasteiger partial charge in [-0.25, -0.2) is 9.78 Å². The highest BCUT2D eigenvalue weighted by Gasteiger charge is 2.20. The summed E-state index contributed by atoms with van der Waals surface area (Å²) in [5.41, 5.74) is 8.91. The van der Waals surface area contributed by atoms with Crippen LogP contribution in [0, 0.1) is 20.8 Å². The molecule has 0 aliphatic rings. The number of nitrogens with zero attached hydrogens (tertiary/aromatic N) is 1. The summed E-state index contributed by atoms with van der Waals surface area (Å²) in [7, 11) is 0. The molecule has 5 aromatic rings. The second-order valence-corrected chi connectivity index (χ2v) is 9.49. The third-order valence-corrected chi connectivity index (χ3v) is 6.48. The number of carbonyl (C=O) groups is 1. The number of benzene rings is 3. The first kappa shape index (κ1) is 24.2. The van der Waals surface area contributed by atoms with Gasteiger partial charge in [-0.3, -0.25) is 0 Å². The minimum atomic E-state index is -0.879. The molecule has 2 heterocycles.